The van der Waals surface area contributed by atoms with Crippen molar-refractivity contribution in [3.05, 3.63) is 30.3 Å². The normalized spacial score (nSPS) is 24.8. The van der Waals surface area contributed by atoms with Crippen LogP contribution in [0, 0.1) is 11.8 Å². The van der Waals surface area contributed by atoms with Crippen LogP contribution < -0.4 is 10.5 Å². The van der Waals surface area contributed by atoms with Crippen molar-refractivity contribution in [2.45, 2.75) is 25.4 Å². The molecule has 2 heterocycles. The lowest BCUT2D eigenvalue weighted by molar-refractivity contribution is -0.136. The van der Waals surface area contributed by atoms with Crippen LogP contribution in [0.2, 0.25) is 0 Å². The molecule has 24 heavy (non-hydrogen) atoms. The maximum absolute atomic E-state index is 12.3. The molecular weight excluding hydrogens is 308 g/mol. The Labute approximate surface area is 141 Å². The molecule has 2 aliphatic rings. The summed E-state index contributed by atoms with van der Waals surface area (Å²) in [5.74, 6) is 0.538. The fourth-order valence-corrected chi connectivity index (χ4v) is 3.61. The summed E-state index contributed by atoms with van der Waals surface area (Å²) >= 11 is 0. The minimum Gasteiger partial charge on any atom is -0.484 e. The van der Waals surface area contributed by atoms with Gasteiger partial charge in [-0.25, -0.2) is 0 Å². The number of benzene rings is 1. The second-order valence-electron chi connectivity index (χ2n) is 6.45. The molecule has 0 aliphatic carbocycles. The molecule has 2 aliphatic heterocycles. The summed E-state index contributed by atoms with van der Waals surface area (Å²) in [5, 5.41) is 0. The largest absolute Gasteiger partial charge is 0.484 e. The molecule has 0 unspecified atom stereocenters. The highest BCUT2D eigenvalue weighted by Crippen LogP contribution is 2.33. The maximum Gasteiger partial charge on any atom is 0.260 e. The Hall–Kier alpha value is -2.08. The second kappa shape index (κ2) is 7.66. The Bertz CT molecular complexity index is 570. The molecule has 2 N–H and O–H groups in total. The smallest absolute Gasteiger partial charge is 0.260 e. The summed E-state index contributed by atoms with van der Waals surface area (Å²) in [6.45, 7) is 2.00. The molecule has 1 aromatic rings. The van der Waals surface area contributed by atoms with E-state index in [0.717, 1.165) is 12.8 Å². The number of nitrogens with zero attached hydrogens (tertiary/aromatic N) is 1. The van der Waals surface area contributed by atoms with Crippen molar-refractivity contribution >= 4 is 11.8 Å². The average Bonchev–Trinajstić information content (AvgIpc) is 3.11. The topological polar surface area (TPSA) is 81.9 Å². The van der Waals surface area contributed by atoms with Gasteiger partial charge in [0, 0.05) is 19.7 Å². The van der Waals surface area contributed by atoms with Crippen LogP contribution in [-0.2, 0) is 14.3 Å². The number of carbonyl (C=O) groups excluding carboxylic acids is 2. The molecule has 6 nitrogen and oxygen atoms in total. The van der Waals surface area contributed by atoms with Crippen LogP contribution in [0.25, 0.3) is 0 Å². The predicted molar refractivity (Wildman–Crippen MR) is 88.3 cm³/mol. The minimum absolute atomic E-state index is 0.00362. The molecule has 2 atom stereocenters. The number of hydrogen-bond donors (Lipinski definition) is 1. The molecule has 0 spiro atoms. The molecule has 6 heteroatoms. The van der Waals surface area contributed by atoms with Gasteiger partial charge in [0.2, 0.25) is 5.91 Å². The van der Waals surface area contributed by atoms with Gasteiger partial charge in [-0.3, -0.25) is 9.59 Å². The van der Waals surface area contributed by atoms with E-state index in [0.29, 0.717) is 37.8 Å². The van der Waals surface area contributed by atoms with Crippen LogP contribution in [-0.4, -0.2) is 49.1 Å². The third-order valence-electron chi connectivity index (χ3n) is 4.96. The lowest BCUT2D eigenvalue weighted by atomic mass is 9.84. The summed E-state index contributed by atoms with van der Waals surface area (Å²) in [5.41, 5.74) is 5.47. The zero-order chi connectivity index (χ0) is 16.9. The third-order valence-corrected chi connectivity index (χ3v) is 4.96. The van der Waals surface area contributed by atoms with E-state index in [1.165, 1.54) is 0 Å². The quantitative estimate of drug-likeness (QED) is 0.878. The van der Waals surface area contributed by atoms with Gasteiger partial charge in [0.15, 0.2) is 6.61 Å². The van der Waals surface area contributed by atoms with E-state index >= 15 is 0 Å². The second-order valence-corrected chi connectivity index (χ2v) is 6.45. The van der Waals surface area contributed by atoms with Crippen LogP contribution >= 0.6 is 0 Å². The standard InChI is InChI=1S/C18H24N2O4/c19-18(22)15-8-11-23-17(15)13-6-9-20(10-7-13)16(21)12-24-14-4-2-1-3-5-14/h1-5,13,15,17H,6-12H2,(H2,19,22)/t15-,17+/m0/s1. The number of hydrogen-bond acceptors (Lipinski definition) is 4. The fourth-order valence-electron chi connectivity index (χ4n) is 3.61. The van der Waals surface area contributed by atoms with Gasteiger partial charge in [0.1, 0.15) is 5.75 Å². The number of carbonyl (C=O) groups is 2. The molecular formula is C18H24N2O4. The van der Waals surface area contributed by atoms with Crippen molar-refractivity contribution in [3.63, 3.8) is 0 Å². The summed E-state index contributed by atoms with van der Waals surface area (Å²) in [6, 6.07) is 9.33. The molecule has 0 bridgehead atoms. The molecule has 2 saturated heterocycles. The molecule has 130 valence electrons. The molecule has 0 aromatic heterocycles. The van der Waals surface area contributed by atoms with Crippen LogP contribution in [0.3, 0.4) is 0 Å². The van der Waals surface area contributed by atoms with E-state index in [-0.39, 0.29) is 30.4 Å². The highest BCUT2D eigenvalue weighted by atomic mass is 16.5. The predicted octanol–water partition coefficient (Wildman–Crippen LogP) is 1.19. The van der Waals surface area contributed by atoms with Gasteiger partial charge in [-0.05, 0) is 37.3 Å². The van der Waals surface area contributed by atoms with E-state index in [2.05, 4.69) is 0 Å². The van der Waals surface area contributed by atoms with Crippen molar-refractivity contribution in [3.8, 4) is 5.75 Å². The Kier molecular flexibility index (Phi) is 5.35. The number of likely N-dealkylation sites (tertiary alicyclic amines) is 1. The van der Waals surface area contributed by atoms with Gasteiger partial charge in [-0.2, -0.15) is 0 Å². The number of nitrogens with two attached hydrogens (primary N) is 1. The van der Waals surface area contributed by atoms with E-state index in [9.17, 15) is 9.59 Å². The van der Waals surface area contributed by atoms with Crippen molar-refractivity contribution in [1.29, 1.82) is 0 Å². The summed E-state index contributed by atoms with van der Waals surface area (Å²) < 4.78 is 11.3. The SMILES string of the molecule is NC(=O)[C@H]1CCO[C@@H]1C1CCN(C(=O)COc2ccccc2)CC1. The minimum atomic E-state index is -0.271. The number of ether oxygens (including phenoxy) is 2. The van der Waals surface area contributed by atoms with Gasteiger partial charge >= 0.3 is 0 Å². The third kappa shape index (κ3) is 3.87. The molecule has 1 aromatic carbocycles. The lowest BCUT2D eigenvalue weighted by Crippen LogP contribution is -2.45. The van der Waals surface area contributed by atoms with Crippen molar-refractivity contribution < 1.29 is 19.1 Å². The van der Waals surface area contributed by atoms with Crippen LogP contribution in [0.1, 0.15) is 19.3 Å². The molecule has 0 saturated carbocycles. The van der Waals surface area contributed by atoms with Crippen molar-refractivity contribution in [1.82, 2.24) is 4.90 Å². The number of piperidine rings is 1. The van der Waals surface area contributed by atoms with Crippen molar-refractivity contribution in [2.75, 3.05) is 26.3 Å². The Morgan fingerprint density at radius 1 is 1.17 bits per heavy atom. The van der Waals surface area contributed by atoms with Gasteiger partial charge < -0.3 is 20.1 Å². The molecule has 2 amide bonds. The van der Waals surface area contributed by atoms with Gasteiger partial charge in [0.05, 0.1) is 12.0 Å². The summed E-state index contributed by atoms with van der Waals surface area (Å²) in [6.07, 6.45) is 2.31. The van der Waals surface area contributed by atoms with E-state index in [1.54, 1.807) is 0 Å². The first-order valence-electron chi connectivity index (χ1n) is 8.51. The number of primary amides is 1. The number of amides is 2. The molecule has 3 rings (SSSR count). The lowest BCUT2D eigenvalue weighted by Gasteiger charge is -2.35. The van der Waals surface area contributed by atoms with E-state index < -0.39 is 0 Å². The van der Waals surface area contributed by atoms with Crippen LogP contribution in [0.5, 0.6) is 5.75 Å². The van der Waals surface area contributed by atoms with Gasteiger partial charge in [-0.1, -0.05) is 18.2 Å². The number of para-hydroxylation sites is 1. The summed E-state index contributed by atoms with van der Waals surface area (Å²) in [7, 11) is 0. The van der Waals surface area contributed by atoms with Gasteiger partial charge in [0.25, 0.3) is 5.91 Å². The van der Waals surface area contributed by atoms with E-state index in [1.807, 2.05) is 35.2 Å². The molecule has 0 radical (unpaired) electrons. The zero-order valence-corrected chi connectivity index (χ0v) is 13.7. The van der Waals surface area contributed by atoms with Crippen LogP contribution in [0.4, 0.5) is 0 Å². The fraction of sp³-hybridized carbons (Fsp3) is 0.556. The van der Waals surface area contributed by atoms with E-state index in [4.69, 9.17) is 15.2 Å². The highest BCUT2D eigenvalue weighted by molar-refractivity contribution is 5.78. The first kappa shape index (κ1) is 16.8. The monoisotopic (exact) mass is 332 g/mol. The Morgan fingerprint density at radius 2 is 1.88 bits per heavy atom. The van der Waals surface area contributed by atoms with Crippen LogP contribution in [0.15, 0.2) is 30.3 Å². The number of rotatable bonds is 5. The first-order valence-corrected chi connectivity index (χ1v) is 8.51. The zero-order valence-electron chi connectivity index (χ0n) is 13.7. The first-order chi connectivity index (χ1) is 11.6. The Morgan fingerprint density at radius 3 is 2.54 bits per heavy atom. The van der Waals surface area contributed by atoms with Crippen molar-refractivity contribution in [2.24, 2.45) is 17.6 Å². The summed E-state index contributed by atoms with van der Waals surface area (Å²) in [4.78, 5) is 25.6. The Balaban J connectivity index is 1.46. The average molecular weight is 332 g/mol. The highest BCUT2D eigenvalue weighted by Gasteiger charge is 2.39. The molecule has 2 fully saturated rings. The van der Waals surface area contributed by atoms with Gasteiger partial charge in [-0.15, -0.1) is 0 Å². The maximum atomic E-state index is 12.3.